The predicted molar refractivity (Wildman–Crippen MR) is 128 cm³/mol. The van der Waals surface area contributed by atoms with E-state index in [1.165, 1.54) is 32.6 Å². The van der Waals surface area contributed by atoms with Gasteiger partial charge in [-0.2, -0.15) is 4.31 Å². The van der Waals surface area contributed by atoms with Gasteiger partial charge in [0.25, 0.3) is 0 Å². The minimum Gasteiger partial charge on any atom is -0.345 e. The molecule has 0 bridgehead atoms. The van der Waals surface area contributed by atoms with Crippen molar-refractivity contribution in [1.82, 2.24) is 9.29 Å². The second-order valence-electron chi connectivity index (χ2n) is 8.02. The lowest BCUT2D eigenvalue weighted by atomic mass is 9.96. The average molecular weight is 476 g/mol. The van der Waals surface area contributed by atoms with Crippen LogP contribution < -0.4 is 4.90 Å². The number of aromatic nitrogens is 1. The summed E-state index contributed by atoms with van der Waals surface area (Å²) >= 11 is 7.61. The number of aryl methyl sites for hydroxylation is 3. The fourth-order valence-electron chi connectivity index (χ4n) is 4.09. The standard InChI is InChI=1S/C23H26ClN3O2S2/c1-16-11-17(2)22(18(3)12-16)14-20-15-30-23(25-20)26-7-9-27(10-8-26)31(28,29)21-6-4-5-19(24)13-21/h4-6,11-13,15H,7-10,14H2,1-3H3. The molecule has 8 heteroatoms. The molecule has 0 amide bonds. The molecule has 1 aliphatic rings. The zero-order valence-corrected chi connectivity index (χ0v) is 20.3. The van der Waals surface area contributed by atoms with Crippen LogP contribution in [0.15, 0.2) is 46.7 Å². The summed E-state index contributed by atoms with van der Waals surface area (Å²) in [6.07, 6.45) is 0.817. The molecule has 1 aromatic heterocycles. The number of anilines is 1. The van der Waals surface area contributed by atoms with Gasteiger partial charge in [-0.05, 0) is 55.7 Å². The van der Waals surface area contributed by atoms with E-state index in [2.05, 4.69) is 43.2 Å². The first-order chi connectivity index (χ1) is 14.7. The molecule has 31 heavy (non-hydrogen) atoms. The zero-order valence-electron chi connectivity index (χ0n) is 17.9. The van der Waals surface area contributed by atoms with Gasteiger partial charge < -0.3 is 4.90 Å². The van der Waals surface area contributed by atoms with Crippen molar-refractivity contribution < 1.29 is 8.42 Å². The third-order valence-corrected chi connectivity index (χ3v) is 8.76. The van der Waals surface area contributed by atoms with Crippen LogP contribution in [0.25, 0.3) is 0 Å². The fourth-order valence-corrected chi connectivity index (χ4v) is 6.69. The van der Waals surface area contributed by atoms with Gasteiger partial charge in [-0.15, -0.1) is 11.3 Å². The number of hydrogen-bond acceptors (Lipinski definition) is 5. The zero-order chi connectivity index (χ0) is 22.2. The third-order valence-electron chi connectivity index (χ3n) is 5.68. The second-order valence-corrected chi connectivity index (χ2v) is 11.2. The van der Waals surface area contributed by atoms with Gasteiger partial charge in [0.2, 0.25) is 10.0 Å². The van der Waals surface area contributed by atoms with E-state index >= 15 is 0 Å². The number of piperazine rings is 1. The van der Waals surface area contributed by atoms with Gasteiger partial charge in [0.15, 0.2) is 5.13 Å². The van der Waals surface area contributed by atoms with Gasteiger partial charge in [0, 0.05) is 43.0 Å². The van der Waals surface area contributed by atoms with Crippen LogP contribution in [-0.2, 0) is 16.4 Å². The highest BCUT2D eigenvalue weighted by molar-refractivity contribution is 7.89. The number of benzene rings is 2. The summed E-state index contributed by atoms with van der Waals surface area (Å²) < 4.78 is 27.4. The molecule has 1 saturated heterocycles. The Morgan fingerprint density at radius 3 is 2.35 bits per heavy atom. The van der Waals surface area contributed by atoms with Crippen LogP contribution in [0.3, 0.4) is 0 Å². The van der Waals surface area contributed by atoms with Crippen LogP contribution in [-0.4, -0.2) is 43.9 Å². The Balaban J connectivity index is 1.43. The maximum Gasteiger partial charge on any atom is 0.243 e. The van der Waals surface area contributed by atoms with E-state index in [4.69, 9.17) is 16.6 Å². The van der Waals surface area contributed by atoms with Gasteiger partial charge in [-0.1, -0.05) is 35.4 Å². The molecule has 2 aromatic carbocycles. The van der Waals surface area contributed by atoms with Crippen LogP contribution in [0, 0.1) is 20.8 Å². The van der Waals surface area contributed by atoms with Gasteiger partial charge in [0.05, 0.1) is 10.6 Å². The highest BCUT2D eigenvalue weighted by atomic mass is 35.5. The van der Waals surface area contributed by atoms with Crippen molar-refractivity contribution >= 4 is 38.1 Å². The maximum absolute atomic E-state index is 12.9. The summed E-state index contributed by atoms with van der Waals surface area (Å²) in [5, 5.41) is 3.50. The Morgan fingerprint density at radius 1 is 1.03 bits per heavy atom. The number of halogens is 1. The Kier molecular flexibility index (Phi) is 6.40. The lowest BCUT2D eigenvalue weighted by Crippen LogP contribution is -2.48. The van der Waals surface area contributed by atoms with E-state index in [0.717, 1.165) is 17.2 Å². The minimum absolute atomic E-state index is 0.244. The fraction of sp³-hybridized carbons (Fsp3) is 0.348. The molecule has 0 spiro atoms. The summed E-state index contributed by atoms with van der Waals surface area (Å²) in [5.74, 6) is 0. The molecule has 0 radical (unpaired) electrons. The van der Waals surface area contributed by atoms with Crippen molar-refractivity contribution in [1.29, 1.82) is 0 Å². The van der Waals surface area contributed by atoms with E-state index in [1.54, 1.807) is 29.5 Å². The minimum atomic E-state index is -3.53. The van der Waals surface area contributed by atoms with E-state index < -0.39 is 10.0 Å². The van der Waals surface area contributed by atoms with Gasteiger partial charge >= 0.3 is 0 Å². The largest absolute Gasteiger partial charge is 0.345 e. The first-order valence-electron chi connectivity index (χ1n) is 10.3. The molecular formula is C23H26ClN3O2S2. The Morgan fingerprint density at radius 2 is 1.71 bits per heavy atom. The quantitative estimate of drug-likeness (QED) is 0.530. The molecule has 0 aliphatic carbocycles. The molecule has 3 aromatic rings. The van der Waals surface area contributed by atoms with Gasteiger partial charge in [0.1, 0.15) is 0 Å². The monoisotopic (exact) mass is 475 g/mol. The van der Waals surface area contributed by atoms with Crippen LogP contribution in [0.1, 0.15) is 27.9 Å². The molecular weight excluding hydrogens is 450 g/mol. The number of rotatable bonds is 5. The van der Waals surface area contributed by atoms with Gasteiger partial charge in [-0.25, -0.2) is 13.4 Å². The molecule has 0 unspecified atom stereocenters. The van der Waals surface area contributed by atoms with Crippen LogP contribution in [0.2, 0.25) is 5.02 Å². The number of thiazole rings is 1. The molecule has 2 heterocycles. The van der Waals surface area contributed by atoms with Crippen molar-refractivity contribution in [3.63, 3.8) is 0 Å². The first kappa shape index (κ1) is 22.3. The van der Waals surface area contributed by atoms with Gasteiger partial charge in [-0.3, -0.25) is 0 Å². The molecule has 0 saturated carbocycles. The normalized spacial score (nSPS) is 15.4. The van der Waals surface area contributed by atoms with Crippen LogP contribution >= 0.6 is 22.9 Å². The lowest BCUT2D eigenvalue weighted by Gasteiger charge is -2.33. The Labute approximate surface area is 193 Å². The third kappa shape index (κ3) is 4.80. The topological polar surface area (TPSA) is 53.5 Å². The summed E-state index contributed by atoms with van der Waals surface area (Å²) in [6, 6.07) is 10.9. The van der Waals surface area contributed by atoms with E-state index in [9.17, 15) is 8.42 Å². The molecule has 1 aliphatic heterocycles. The lowest BCUT2D eigenvalue weighted by molar-refractivity contribution is 0.384. The molecule has 1 fully saturated rings. The smallest absolute Gasteiger partial charge is 0.243 e. The Bertz CT molecular complexity index is 1180. The highest BCUT2D eigenvalue weighted by Gasteiger charge is 2.29. The molecule has 164 valence electrons. The maximum atomic E-state index is 12.9. The Hall–Kier alpha value is -1.93. The predicted octanol–water partition coefficient (Wildman–Crippen LogP) is 4.82. The number of nitrogens with zero attached hydrogens (tertiary/aromatic N) is 3. The van der Waals surface area contributed by atoms with Crippen molar-refractivity contribution in [3.8, 4) is 0 Å². The number of hydrogen-bond donors (Lipinski definition) is 0. The van der Waals surface area contributed by atoms with Crippen LogP contribution in [0.4, 0.5) is 5.13 Å². The number of sulfonamides is 1. The van der Waals surface area contributed by atoms with E-state index in [0.29, 0.717) is 31.2 Å². The van der Waals surface area contributed by atoms with E-state index in [-0.39, 0.29) is 4.90 Å². The molecule has 4 rings (SSSR count). The summed E-state index contributed by atoms with van der Waals surface area (Å²) in [7, 11) is -3.53. The molecule has 0 N–H and O–H groups in total. The summed E-state index contributed by atoms with van der Waals surface area (Å²) in [6.45, 7) is 8.53. The van der Waals surface area contributed by atoms with Crippen molar-refractivity contribution in [2.75, 3.05) is 31.1 Å². The van der Waals surface area contributed by atoms with Crippen molar-refractivity contribution in [3.05, 3.63) is 74.7 Å². The average Bonchev–Trinajstić information content (AvgIpc) is 3.19. The highest BCUT2D eigenvalue weighted by Crippen LogP contribution is 2.27. The summed E-state index contributed by atoms with van der Waals surface area (Å²) in [4.78, 5) is 7.27. The van der Waals surface area contributed by atoms with Crippen molar-refractivity contribution in [2.45, 2.75) is 32.1 Å². The van der Waals surface area contributed by atoms with E-state index in [1.807, 2.05) is 0 Å². The molecule has 5 nitrogen and oxygen atoms in total. The summed E-state index contributed by atoms with van der Waals surface area (Å²) in [5.41, 5.74) is 6.27. The molecule has 0 atom stereocenters. The SMILES string of the molecule is Cc1cc(C)c(Cc2csc(N3CCN(S(=O)(=O)c4cccc(Cl)c4)CC3)n2)c(C)c1. The second kappa shape index (κ2) is 8.90. The van der Waals surface area contributed by atoms with Crippen LogP contribution in [0.5, 0.6) is 0 Å². The van der Waals surface area contributed by atoms with Crippen molar-refractivity contribution in [2.24, 2.45) is 0 Å². The first-order valence-corrected chi connectivity index (χ1v) is 13.0.